The van der Waals surface area contributed by atoms with E-state index in [0.717, 1.165) is 18.4 Å². The van der Waals surface area contributed by atoms with Gasteiger partial charge in [-0.3, -0.25) is 14.2 Å². The van der Waals surface area contributed by atoms with Gasteiger partial charge in [-0.25, -0.2) is 13.4 Å². The Labute approximate surface area is 203 Å². The van der Waals surface area contributed by atoms with Crippen molar-refractivity contribution in [2.45, 2.75) is 52.0 Å². The Bertz CT molecular complexity index is 1370. The van der Waals surface area contributed by atoms with Gasteiger partial charge in [-0.05, 0) is 49.3 Å². The van der Waals surface area contributed by atoms with E-state index in [2.05, 4.69) is 17.2 Å². The van der Waals surface area contributed by atoms with Crippen LogP contribution in [-0.4, -0.2) is 41.3 Å². The number of carbonyl (C=O) groups excluding carboxylic acids is 1. The van der Waals surface area contributed by atoms with Gasteiger partial charge < -0.3 is 5.32 Å². The Morgan fingerprint density at radius 1 is 1.18 bits per heavy atom. The number of amides is 1. The lowest BCUT2D eigenvalue weighted by Crippen LogP contribution is -2.42. The fraction of sp³-hybridized carbons (Fsp3) is 0.458. The maximum absolute atomic E-state index is 13.6. The molecule has 1 amide bonds. The van der Waals surface area contributed by atoms with Crippen LogP contribution in [0.4, 0.5) is 5.69 Å². The molecule has 2 aromatic heterocycles. The van der Waals surface area contributed by atoms with Gasteiger partial charge in [0, 0.05) is 23.7 Å². The minimum atomic E-state index is -3.87. The highest BCUT2D eigenvalue weighted by Gasteiger charge is 2.35. The Kier molecular flexibility index (Phi) is 6.93. The van der Waals surface area contributed by atoms with Crippen molar-refractivity contribution in [3.63, 3.8) is 0 Å². The summed E-state index contributed by atoms with van der Waals surface area (Å²) in [5.41, 5.74) is 1.26. The van der Waals surface area contributed by atoms with Crippen molar-refractivity contribution in [3.05, 3.63) is 51.4 Å². The summed E-state index contributed by atoms with van der Waals surface area (Å²) in [6, 6.07) is 7.49. The number of carbonyl (C=O) groups is 1. The summed E-state index contributed by atoms with van der Waals surface area (Å²) in [5, 5.41) is 2.84. The fourth-order valence-electron chi connectivity index (χ4n) is 4.65. The molecule has 1 N–H and O–H groups in total. The molecule has 182 valence electrons. The van der Waals surface area contributed by atoms with Crippen molar-refractivity contribution in [1.82, 2.24) is 13.9 Å². The molecule has 0 aliphatic carbocycles. The molecule has 3 heterocycles. The van der Waals surface area contributed by atoms with Crippen LogP contribution in [0.1, 0.15) is 37.6 Å². The zero-order valence-electron chi connectivity index (χ0n) is 19.9. The molecule has 1 aliphatic rings. The van der Waals surface area contributed by atoms with Crippen LogP contribution >= 0.6 is 11.3 Å². The standard InChI is InChI=1S/C24H30N4O4S2/c1-5-18-6-8-19(9-7-18)26-20(29)13-27-14-25-23-21(24(27)30)22(17(4)33-23)34(31,32)28-11-15(2)10-16(3)12-28/h6-9,14-16H,5,10-13H2,1-4H3,(H,26,29). The highest BCUT2D eigenvalue weighted by Crippen LogP contribution is 2.35. The molecule has 0 saturated carbocycles. The number of hydrogen-bond acceptors (Lipinski definition) is 6. The molecule has 1 aromatic carbocycles. The Morgan fingerprint density at radius 3 is 2.44 bits per heavy atom. The van der Waals surface area contributed by atoms with Crippen LogP contribution < -0.4 is 10.9 Å². The molecule has 0 spiro atoms. The van der Waals surface area contributed by atoms with E-state index in [1.165, 1.54) is 26.5 Å². The lowest BCUT2D eigenvalue weighted by molar-refractivity contribution is -0.116. The monoisotopic (exact) mass is 502 g/mol. The lowest BCUT2D eigenvalue weighted by atomic mass is 9.94. The van der Waals surface area contributed by atoms with Gasteiger partial charge in [0.2, 0.25) is 15.9 Å². The van der Waals surface area contributed by atoms with E-state index in [0.29, 0.717) is 28.5 Å². The number of fused-ring (bicyclic) bond motifs is 1. The molecule has 1 aliphatic heterocycles. The zero-order chi connectivity index (χ0) is 24.6. The smallest absolute Gasteiger partial charge is 0.263 e. The summed E-state index contributed by atoms with van der Waals surface area (Å²) in [7, 11) is -3.87. The van der Waals surface area contributed by atoms with Crippen molar-refractivity contribution < 1.29 is 13.2 Å². The third-order valence-electron chi connectivity index (χ3n) is 6.19. The first-order valence-electron chi connectivity index (χ1n) is 11.5. The minimum absolute atomic E-state index is 0.0243. The fourth-order valence-corrected chi connectivity index (χ4v) is 7.99. The van der Waals surface area contributed by atoms with E-state index in [9.17, 15) is 18.0 Å². The van der Waals surface area contributed by atoms with E-state index >= 15 is 0 Å². The quantitative estimate of drug-likeness (QED) is 0.555. The van der Waals surface area contributed by atoms with Gasteiger partial charge in [-0.15, -0.1) is 11.3 Å². The molecule has 1 fully saturated rings. The normalized spacial score (nSPS) is 19.4. The predicted molar refractivity (Wildman–Crippen MR) is 135 cm³/mol. The molecule has 4 rings (SSSR count). The molecule has 1 saturated heterocycles. The third kappa shape index (κ3) is 4.80. The number of nitrogens with zero attached hydrogens (tertiary/aromatic N) is 3. The maximum atomic E-state index is 13.6. The minimum Gasteiger partial charge on any atom is -0.325 e. The van der Waals surface area contributed by atoms with E-state index in [-0.39, 0.29) is 34.6 Å². The van der Waals surface area contributed by atoms with Crippen LogP contribution in [0.2, 0.25) is 0 Å². The van der Waals surface area contributed by atoms with Crippen molar-refractivity contribution >= 4 is 43.2 Å². The summed E-state index contributed by atoms with van der Waals surface area (Å²) in [6.07, 6.45) is 3.18. The second kappa shape index (κ2) is 9.59. The second-order valence-corrected chi connectivity index (χ2v) is 12.3. The molecule has 2 atom stereocenters. The van der Waals surface area contributed by atoms with E-state index in [1.54, 1.807) is 6.92 Å². The number of sulfonamides is 1. The number of benzene rings is 1. The largest absolute Gasteiger partial charge is 0.325 e. The average Bonchev–Trinajstić information content (AvgIpc) is 3.13. The van der Waals surface area contributed by atoms with Crippen LogP contribution in [0.25, 0.3) is 10.2 Å². The highest BCUT2D eigenvalue weighted by atomic mass is 32.2. The van der Waals surface area contributed by atoms with E-state index in [1.807, 2.05) is 38.1 Å². The van der Waals surface area contributed by atoms with Crippen molar-refractivity contribution in [2.24, 2.45) is 11.8 Å². The van der Waals surface area contributed by atoms with Crippen LogP contribution in [0.3, 0.4) is 0 Å². The SMILES string of the molecule is CCc1ccc(NC(=O)Cn2cnc3sc(C)c(S(=O)(=O)N4CC(C)CC(C)C4)c3c2=O)cc1. The number of piperidine rings is 1. The average molecular weight is 503 g/mol. The van der Waals surface area contributed by atoms with Gasteiger partial charge in [0.25, 0.3) is 5.56 Å². The summed E-state index contributed by atoms with van der Waals surface area (Å²) in [5.74, 6) is 0.102. The topological polar surface area (TPSA) is 101 Å². The third-order valence-corrected chi connectivity index (χ3v) is 9.34. The van der Waals surface area contributed by atoms with E-state index in [4.69, 9.17) is 0 Å². The summed E-state index contributed by atoms with van der Waals surface area (Å²) in [6.45, 7) is 8.43. The van der Waals surface area contributed by atoms with Crippen molar-refractivity contribution in [1.29, 1.82) is 0 Å². The Morgan fingerprint density at radius 2 is 1.82 bits per heavy atom. The number of aromatic nitrogens is 2. The molecule has 0 radical (unpaired) electrons. The first kappa shape index (κ1) is 24.6. The molecule has 10 heteroatoms. The van der Waals surface area contributed by atoms with E-state index < -0.39 is 15.6 Å². The number of nitrogens with one attached hydrogen (secondary N) is 1. The molecule has 34 heavy (non-hydrogen) atoms. The van der Waals surface area contributed by atoms with Gasteiger partial charge in [0.05, 0.1) is 11.7 Å². The number of aryl methyl sites for hydroxylation is 2. The summed E-state index contributed by atoms with van der Waals surface area (Å²) < 4.78 is 29.9. The second-order valence-electron chi connectivity index (χ2n) is 9.21. The molecular formula is C24H30N4O4S2. The summed E-state index contributed by atoms with van der Waals surface area (Å²) in [4.78, 5) is 31.2. The highest BCUT2D eigenvalue weighted by molar-refractivity contribution is 7.89. The lowest BCUT2D eigenvalue weighted by Gasteiger charge is -2.34. The number of thiophene rings is 1. The van der Waals surface area contributed by atoms with Crippen LogP contribution in [0, 0.1) is 18.8 Å². The van der Waals surface area contributed by atoms with Crippen LogP contribution in [-0.2, 0) is 27.8 Å². The van der Waals surface area contributed by atoms with Gasteiger partial charge in [0.15, 0.2) is 0 Å². The van der Waals surface area contributed by atoms with Crippen LogP contribution in [0.5, 0.6) is 0 Å². The Hall–Kier alpha value is -2.56. The van der Waals surface area contributed by atoms with Gasteiger partial charge in [0.1, 0.15) is 16.3 Å². The van der Waals surface area contributed by atoms with Crippen LogP contribution in [0.15, 0.2) is 40.3 Å². The molecular weight excluding hydrogens is 472 g/mol. The van der Waals surface area contributed by atoms with Gasteiger partial charge in [-0.2, -0.15) is 4.31 Å². The number of rotatable bonds is 6. The number of anilines is 1. The Balaban J connectivity index is 1.66. The van der Waals surface area contributed by atoms with Gasteiger partial charge >= 0.3 is 0 Å². The first-order valence-corrected chi connectivity index (χ1v) is 13.7. The van der Waals surface area contributed by atoms with Gasteiger partial charge in [-0.1, -0.05) is 32.9 Å². The number of hydrogen-bond donors (Lipinski definition) is 1. The predicted octanol–water partition coefficient (Wildman–Crippen LogP) is 3.63. The molecule has 3 aromatic rings. The molecule has 2 unspecified atom stereocenters. The summed E-state index contributed by atoms with van der Waals surface area (Å²) >= 11 is 1.19. The van der Waals surface area contributed by atoms with Crippen molar-refractivity contribution in [3.8, 4) is 0 Å². The maximum Gasteiger partial charge on any atom is 0.263 e. The molecule has 8 nitrogen and oxygen atoms in total. The molecule has 0 bridgehead atoms. The van der Waals surface area contributed by atoms with Crippen molar-refractivity contribution in [2.75, 3.05) is 18.4 Å². The zero-order valence-corrected chi connectivity index (χ0v) is 21.5. The first-order chi connectivity index (χ1) is 16.1.